The van der Waals surface area contributed by atoms with E-state index in [0.717, 1.165) is 17.0 Å². The first-order chi connectivity index (χ1) is 8.93. The number of anilines is 1. The van der Waals surface area contributed by atoms with Crippen LogP contribution in [0, 0.1) is 6.92 Å². The van der Waals surface area contributed by atoms with E-state index in [9.17, 15) is 9.59 Å². The van der Waals surface area contributed by atoms with Gasteiger partial charge >= 0.3 is 5.97 Å². The summed E-state index contributed by atoms with van der Waals surface area (Å²) in [5.41, 5.74) is 1.74. The van der Waals surface area contributed by atoms with Crippen molar-refractivity contribution in [1.29, 1.82) is 0 Å². The number of nitrogens with one attached hydrogen (secondary N) is 2. The zero-order valence-corrected chi connectivity index (χ0v) is 11.2. The van der Waals surface area contributed by atoms with Crippen LogP contribution in [-0.4, -0.2) is 36.7 Å². The number of aliphatic carboxylic acids is 1. The van der Waals surface area contributed by atoms with E-state index in [4.69, 9.17) is 9.84 Å². The number of ether oxygens (including phenoxy) is 1. The van der Waals surface area contributed by atoms with Crippen LogP contribution in [0.3, 0.4) is 0 Å². The lowest BCUT2D eigenvalue weighted by Gasteiger charge is -2.16. The molecule has 0 saturated carbocycles. The molecule has 0 aromatic heterocycles. The van der Waals surface area contributed by atoms with Crippen molar-refractivity contribution in [3.8, 4) is 5.75 Å². The second-order valence-corrected chi connectivity index (χ2v) is 4.15. The number of hydrogen-bond donors (Lipinski definition) is 3. The minimum atomic E-state index is -1.08. The molecule has 1 unspecified atom stereocenters. The standard InChI is InChI=1S/C13H18N2O4/c1-8-6-10(19-3)4-5-11(8)14-7-12(13(17)18)15-9(2)16/h4-6,12,14H,7H2,1-3H3,(H,15,16)(H,17,18). The summed E-state index contributed by atoms with van der Waals surface area (Å²) in [6, 6.07) is 4.47. The van der Waals surface area contributed by atoms with Crippen LogP contribution >= 0.6 is 0 Å². The number of aryl methyl sites for hydroxylation is 1. The number of methoxy groups -OCH3 is 1. The average molecular weight is 266 g/mol. The fraction of sp³-hybridized carbons (Fsp3) is 0.385. The lowest BCUT2D eigenvalue weighted by Crippen LogP contribution is -2.44. The summed E-state index contributed by atoms with van der Waals surface area (Å²) in [7, 11) is 1.58. The van der Waals surface area contributed by atoms with Gasteiger partial charge in [-0.1, -0.05) is 0 Å². The Balaban J connectivity index is 2.68. The first-order valence-corrected chi connectivity index (χ1v) is 5.82. The highest BCUT2D eigenvalue weighted by Gasteiger charge is 2.18. The summed E-state index contributed by atoms with van der Waals surface area (Å²) in [4.78, 5) is 21.9. The third-order valence-corrected chi connectivity index (χ3v) is 2.61. The van der Waals surface area contributed by atoms with E-state index in [1.165, 1.54) is 6.92 Å². The number of benzene rings is 1. The van der Waals surface area contributed by atoms with Gasteiger partial charge in [0.15, 0.2) is 0 Å². The van der Waals surface area contributed by atoms with Gasteiger partial charge in [-0.15, -0.1) is 0 Å². The molecule has 1 atom stereocenters. The number of carbonyl (C=O) groups is 2. The molecule has 3 N–H and O–H groups in total. The Morgan fingerprint density at radius 3 is 2.58 bits per heavy atom. The number of carboxylic acids is 1. The molecule has 1 amide bonds. The smallest absolute Gasteiger partial charge is 0.328 e. The molecule has 1 aromatic carbocycles. The molecule has 0 heterocycles. The van der Waals surface area contributed by atoms with Crippen molar-refractivity contribution in [3.63, 3.8) is 0 Å². The largest absolute Gasteiger partial charge is 0.497 e. The minimum absolute atomic E-state index is 0.113. The predicted octanol–water partition coefficient (Wildman–Crippen LogP) is 1.00. The van der Waals surface area contributed by atoms with Crippen molar-refractivity contribution < 1.29 is 19.4 Å². The molecule has 0 spiro atoms. The Kier molecular flexibility index (Phi) is 5.17. The van der Waals surface area contributed by atoms with Gasteiger partial charge in [-0.2, -0.15) is 0 Å². The number of carboxylic acid groups (broad SMARTS) is 1. The first kappa shape index (κ1) is 14.8. The summed E-state index contributed by atoms with van der Waals surface area (Å²) in [5, 5.41) is 14.3. The Hall–Kier alpha value is -2.24. The molecular formula is C13H18N2O4. The molecule has 0 aliphatic carbocycles. The fourth-order valence-corrected chi connectivity index (χ4v) is 1.62. The molecule has 0 saturated heterocycles. The topological polar surface area (TPSA) is 87.7 Å². The molecule has 0 aliphatic rings. The fourth-order valence-electron chi connectivity index (χ4n) is 1.62. The highest BCUT2D eigenvalue weighted by molar-refractivity contribution is 5.82. The van der Waals surface area contributed by atoms with Crippen LogP contribution in [0.2, 0.25) is 0 Å². The maximum atomic E-state index is 11.0. The van der Waals surface area contributed by atoms with Crippen molar-refractivity contribution in [2.24, 2.45) is 0 Å². The number of amides is 1. The van der Waals surface area contributed by atoms with E-state index in [-0.39, 0.29) is 12.5 Å². The van der Waals surface area contributed by atoms with Gasteiger partial charge in [-0.25, -0.2) is 4.79 Å². The summed E-state index contributed by atoms with van der Waals surface area (Å²) >= 11 is 0. The van der Waals surface area contributed by atoms with Crippen molar-refractivity contribution >= 4 is 17.6 Å². The minimum Gasteiger partial charge on any atom is -0.497 e. The van der Waals surface area contributed by atoms with Gasteiger partial charge < -0.3 is 20.5 Å². The Morgan fingerprint density at radius 2 is 2.11 bits per heavy atom. The van der Waals surface area contributed by atoms with Crippen molar-refractivity contribution in [2.75, 3.05) is 19.0 Å². The van der Waals surface area contributed by atoms with Gasteiger partial charge in [-0.3, -0.25) is 4.79 Å². The van der Waals surface area contributed by atoms with Crippen LogP contribution in [0.25, 0.3) is 0 Å². The summed E-state index contributed by atoms with van der Waals surface area (Å²) in [6.45, 7) is 3.29. The monoisotopic (exact) mass is 266 g/mol. The molecule has 0 bridgehead atoms. The van der Waals surface area contributed by atoms with Crippen LogP contribution < -0.4 is 15.4 Å². The zero-order chi connectivity index (χ0) is 14.4. The van der Waals surface area contributed by atoms with E-state index in [2.05, 4.69) is 10.6 Å². The van der Waals surface area contributed by atoms with Gasteiger partial charge in [0.2, 0.25) is 5.91 Å². The number of rotatable bonds is 6. The van der Waals surface area contributed by atoms with Crippen LogP contribution in [0.1, 0.15) is 12.5 Å². The van der Waals surface area contributed by atoms with E-state index < -0.39 is 12.0 Å². The normalized spacial score (nSPS) is 11.5. The van der Waals surface area contributed by atoms with E-state index in [1.807, 2.05) is 13.0 Å². The van der Waals surface area contributed by atoms with Gasteiger partial charge in [0.05, 0.1) is 7.11 Å². The van der Waals surface area contributed by atoms with E-state index in [1.54, 1.807) is 19.2 Å². The second kappa shape index (κ2) is 6.63. The van der Waals surface area contributed by atoms with Gasteiger partial charge in [0, 0.05) is 19.2 Å². The average Bonchev–Trinajstić information content (AvgIpc) is 2.34. The molecule has 6 heteroatoms. The molecule has 19 heavy (non-hydrogen) atoms. The molecule has 104 valence electrons. The Labute approximate surface area is 111 Å². The summed E-state index contributed by atoms with van der Waals surface area (Å²) in [6.07, 6.45) is 0. The number of carbonyl (C=O) groups excluding carboxylic acids is 1. The summed E-state index contributed by atoms with van der Waals surface area (Å²) in [5.74, 6) is -0.714. The van der Waals surface area contributed by atoms with Crippen LogP contribution in [0.4, 0.5) is 5.69 Å². The van der Waals surface area contributed by atoms with E-state index in [0.29, 0.717) is 0 Å². The lowest BCUT2D eigenvalue weighted by molar-refractivity contribution is -0.141. The van der Waals surface area contributed by atoms with Crippen LogP contribution in [0.15, 0.2) is 18.2 Å². The quantitative estimate of drug-likeness (QED) is 0.715. The SMILES string of the molecule is COc1ccc(NCC(NC(C)=O)C(=O)O)c(C)c1. The van der Waals surface area contributed by atoms with E-state index >= 15 is 0 Å². The maximum Gasteiger partial charge on any atom is 0.328 e. The van der Waals surface area contributed by atoms with Crippen molar-refractivity contribution in [1.82, 2.24) is 5.32 Å². The third-order valence-electron chi connectivity index (χ3n) is 2.61. The van der Waals surface area contributed by atoms with Crippen LogP contribution in [0.5, 0.6) is 5.75 Å². The maximum absolute atomic E-state index is 11.0. The molecule has 1 rings (SSSR count). The van der Waals surface area contributed by atoms with Gasteiger partial charge in [0.25, 0.3) is 0 Å². The summed E-state index contributed by atoms with van der Waals surface area (Å²) < 4.78 is 5.09. The first-order valence-electron chi connectivity index (χ1n) is 5.82. The van der Waals surface area contributed by atoms with Crippen molar-refractivity contribution in [3.05, 3.63) is 23.8 Å². The van der Waals surface area contributed by atoms with Gasteiger partial charge in [0.1, 0.15) is 11.8 Å². The Morgan fingerprint density at radius 1 is 1.42 bits per heavy atom. The van der Waals surface area contributed by atoms with Crippen molar-refractivity contribution in [2.45, 2.75) is 19.9 Å². The third kappa shape index (κ3) is 4.50. The molecule has 0 aliphatic heterocycles. The predicted molar refractivity (Wildman–Crippen MR) is 71.5 cm³/mol. The Bertz CT molecular complexity index is 474. The second-order valence-electron chi connectivity index (χ2n) is 4.15. The molecule has 0 radical (unpaired) electrons. The highest BCUT2D eigenvalue weighted by atomic mass is 16.5. The van der Waals surface area contributed by atoms with Gasteiger partial charge in [-0.05, 0) is 30.7 Å². The number of hydrogen-bond acceptors (Lipinski definition) is 4. The zero-order valence-electron chi connectivity index (χ0n) is 11.2. The lowest BCUT2D eigenvalue weighted by atomic mass is 10.2. The highest BCUT2D eigenvalue weighted by Crippen LogP contribution is 2.20. The molecular weight excluding hydrogens is 248 g/mol. The molecule has 1 aromatic rings. The van der Waals surface area contributed by atoms with Crippen LogP contribution in [-0.2, 0) is 9.59 Å². The molecule has 0 fully saturated rings. The molecule has 6 nitrogen and oxygen atoms in total.